The minimum absolute atomic E-state index is 0.303. The molecule has 6 nitrogen and oxygen atoms in total. The van der Waals surface area contributed by atoms with Crippen LogP contribution in [0.1, 0.15) is 20.7 Å². The summed E-state index contributed by atoms with van der Waals surface area (Å²) in [4.78, 5) is 22.3. The molecule has 0 fully saturated rings. The number of methoxy groups -OCH3 is 1. The molecule has 21 heavy (non-hydrogen) atoms. The molecule has 0 bridgehead atoms. The van der Waals surface area contributed by atoms with E-state index in [4.69, 9.17) is 16.2 Å². The van der Waals surface area contributed by atoms with Crippen LogP contribution in [-0.4, -0.2) is 19.0 Å². The van der Waals surface area contributed by atoms with Crippen LogP contribution in [0, 0.1) is 0 Å². The number of ether oxygens (including phenoxy) is 2. The van der Waals surface area contributed by atoms with Gasteiger partial charge >= 0.3 is 5.97 Å². The average Bonchev–Trinajstić information content (AvgIpc) is 2.49. The van der Waals surface area contributed by atoms with Gasteiger partial charge in [0.25, 0.3) is 0 Å². The summed E-state index contributed by atoms with van der Waals surface area (Å²) in [5.74, 6) is -0.0884. The van der Waals surface area contributed by atoms with Crippen LogP contribution in [0.2, 0.25) is 0 Å². The van der Waals surface area contributed by atoms with E-state index in [2.05, 4.69) is 4.74 Å². The molecule has 0 aromatic heterocycles. The molecule has 4 N–H and O–H groups in total. The summed E-state index contributed by atoms with van der Waals surface area (Å²) in [6.07, 6.45) is 0. The molecule has 0 aliphatic heterocycles. The quantitative estimate of drug-likeness (QED) is 0.660. The summed E-state index contributed by atoms with van der Waals surface area (Å²) in [6, 6.07) is 10.9. The van der Waals surface area contributed by atoms with Crippen molar-refractivity contribution >= 4 is 17.6 Å². The normalized spacial score (nSPS) is 9.95. The first-order chi connectivity index (χ1) is 10.0. The van der Waals surface area contributed by atoms with Gasteiger partial charge < -0.3 is 20.9 Å². The van der Waals surface area contributed by atoms with Gasteiger partial charge in [0.2, 0.25) is 5.91 Å². The first-order valence-electron chi connectivity index (χ1n) is 6.07. The number of amides is 1. The Hall–Kier alpha value is -3.02. The van der Waals surface area contributed by atoms with Gasteiger partial charge in [-0.05, 0) is 42.5 Å². The van der Waals surface area contributed by atoms with Crippen molar-refractivity contribution < 1.29 is 19.1 Å². The molecule has 0 radical (unpaired) electrons. The van der Waals surface area contributed by atoms with Crippen molar-refractivity contribution in [2.24, 2.45) is 5.73 Å². The molecule has 2 aromatic rings. The Labute approximate surface area is 121 Å². The lowest BCUT2D eigenvalue weighted by molar-refractivity contribution is 0.0600. The third-order valence-corrected chi connectivity index (χ3v) is 2.80. The third-order valence-electron chi connectivity index (χ3n) is 2.80. The molecule has 0 aliphatic rings. The largest absolute Gasteiger partial charge is 0.465 e. The molecular formula is C15H14N2O4. The van der Waals surface area contributed by atoms with Crippen molar-refractivity contribution in [3.8, 4) is 11.5 Å². The Morgan fingerprint density at radius 1 is 1.00 bits per heavy atom. The van der Waals surface area contributed by atoms with Gasteiger partial charge in [0.1, 0.15) is 11.5 Å². The number of benzene rings is 2. The monoisotopic (exact) mass is 286 g/mol. The van der Waals surface area contributed by atoms with Gasteiger partial charge in [-0.2, -0.15) is 0 Å². The number of primary amides is 1. The molecule has 0 unspecified atom stereocenters. The Kier molecular flexibility index (Phi) is 4.08. The molecule has 0 aliphatic carbocycles. The lowest BCUT2D eigenvalue weighted by Gasteiger charge is -2.09. The van der Waals surface area contributed by atoms with Crippen LogP contribution in [0.5, 0.6) is 11.5 Å². The van der Waals surface area contributed by atoms with Crippen molar-refractivity contribution in [3.63, 3.8) is 0 Å². The standard InChI is InChI=1S/C15H14N2O4/c1-20-15(19)10-4-7-13(12(16)8-10)21-11-5-2-9(3-6-11)14(17)18/h2-8H,16H2,1H3,(H2,17,18). The van der Waals surface area contributed by atoms with E-state index in [-0.39, 0.29) is 0 Å². The van der Waals surface area contributed by atoms with Gasteiger partial charge in [-0.15, -0.1) is 0 Å². The Balaban J connectivity index is 2.19. The molecule has 2 rings (SSSR count). The van der Waals surface area contributed by atoms with Crippen LogP contribution in [0.25, 0.3) is 0 Å². The number of carbonyl (C=O) groups excluding carboxylic acids is 2. The SMILES string of the molecule is COC(=O)c1ccc(Oc2ccc(C(N)=O)cc2)c(N)c1. The zero-order valence-electron chi connectivity index (χ0n) is 11.3. The van der Waals surface area contributed by atoms with Crippen LogP contribution in [0.4, 0.5) is 5.69 Å². The Bertz CT molecular complexity index is 681. The number of carbonyl (C=O) groups is 2. The highest BCUT2D eigenvalue weighted by Gasteiger charge is 2.09. The maximum absolute atomic E-state index is 11.4. The smallest absolute Gasteiger partial charge is 0.337 e. The number of nitrogen functional groups attached to an aromatic ring is 1. The first kappa shape index (κ1) is 14.4. The van der Waals surface area contributed by atoms with E-state index < -0.39 is 11.9 Å². The number of hydrogen-bond donors (Lipinski definition) is 2. The zero-order chi connectivity index (χ0) is 15.4. The van der Waals surface area contributed by atoms with Crippen molar-refractivity contribution in [3.05, 3.63) is 53.6 Å². The van der Waals surface area contributed by atoms with Crippen LogP contribution in [0.3, 0.4) is 0 Å². The lowest BCUT2D eigenvalue weighted by Crippen LogP contribution is -2.10. The molecule has 0 spiro atoms. The maximum Gasteiger partial charge on any atom is 0.337 e. The van der Waals surface area contributed by atoms with E-state index >= 15 is 0 Å². The van der Waals surface area contributed by atoms with E-state index in [1.165, 1.54) is 13.2 Å². The van der Waals surface area contributed by atoms with E-state index in [0.29, 0.717) is 28.3 Å². The minimum atomic E-state index is -0.511. The molecule has 0 heterocycles. The number of esters is 1. The van der Waals surface area contributed by atoms with Gasteiger partial charge in [0.15, 0.2) is 0 Å². The third kappa shape index (κ3) is 3.30. The van der Waals surface area contributed by atoms with Crippen molar-refractivity contribution in [2.45, 2.75) is 0 Å². The number of hydrogen-bond acceptors (Lipinski definition) is 5. The fraction of sp³-hybridized carbons (Fsp3) is 0.0667. The van der Waals surface area contributed by atoms with Crippen molar-refractivity contribution in [1.29, 1.82) is 0 Å². The molecule has 0 atom stereocenters. The minimum Gasteiger partial charge on any atom is -0.465 e. The predicted molar refractivity (Wildman–Crippen MR) is 77.2 cm³/mol. The molecule has 6 heteroatoms. The lowest BCUT2D eigenvalue weighted by atomic mass is 10.2. The highest BCUT2D eigenvalue weighted by Crippen LogP contribution is 2.28. The fourth-order valence-electron chi connectivity index (χ4n) is 1.70. The summed E-state index contributed by atoms with van der Waals surface area (Å²) in [6.45, 7) is 0. The molecule has 108 valence electrons. The Morgan fingerprint density at radius 2 is 1.62 bits per heavy atom. The second kappa shape index (κ2) is 5.96. The van der Waals surface area contributed by atoms with Crippen LogP contribution in [-0.2, 0) is 4.74 Å². The number of nitrogens with two attached hydrogens (primary N) is 2. The molecule has 2 aromatic carbocycles. The van der Waals surface area contributed by atoms with Crippen LogP contribution < -0.4 is 16.2 Å². The fourth-order valence-corrected chi connectivity index (χ4v) is 1.70. The molecule has 1 amide bonds. The number of anilines is 1. The van der Waals surface area contributed by atoms with E-state index in [9.17, 15) is 9.59 Å². The number of rotatable bonds is 4. The summed E-state index contributed by atoms with van der Waals surface area (Å²) >= 11 is 0. The van der Waals surface area contributed by atoms with Crippen LogP contribution >= 0.6 is 0 Å². The van der Waals surface area contributed by atoms with Gasteiger partial charge in [-0.25, -0.2) is 4.79 Å². The predicted octanol–water partition coefficient (Wildman–Crippen LogP) is 1.95. The summed E-state index contributed by atoms with van der Waals surface area (Å²) in [7, 11) is 1.29. The molecular weight excluding hydrogens is 272 g/mol. The molecule has 0 saturated carbocycles. The summed E-state index contributed by atoms with van der Waals surface area (Å²) in [5, 5.41) is 0. The molecule has 0 saturated heterocycles. The first-order valence-corrected chi connectivity index (χ1v) is 6.07. The van der Waals surface area contributed by atoms with E-state index in [1.54, 1.807) is 36.4 Å². The van der Waals surface area contributed by atoms with Crippen molar-refractivity contribution in [1.82, 2.24) is 0 Å². The van der Waals surface area contributed by atoms with Crippen LogP contribution in [0.15, 0.2) is 42.5 Å². The summed E-state index contributed by atoms with van der Waals surface area (Å²) < 4.78 is 10.2. The highest BCUT2D eigenvalue weighted by molar-refractivity contribution is 5.93. The maximum atomic E-state index is 11.4. The van der Waals surface area contributed by atoms with Gasteiger partial charge in [0.05, 0.1) is 18.4 Å². The zero-order valence-corrected chi connectivity index (χ0v) is 11.3. The Morgan fingerprint density at radius 3 is 2.14 bits per heavy atom. The topological polar surface area (TPSA) is 105 Å². The highest BCUT2D eigenvalue weighted by atomic mass is 16.5. The van der Waals surface area contributed by atoms with Gasteiger partial charge in [-0.3, -0.25) is 4.79 Å². The van der Waals surface area contributed by atoms with E-state index in [0.717, 1.165) is 0 Å². The van der Waals surface area contributed by atoms with Gasteiger partial charge in [0, 0.05) is 5.56 Å². The second-order valence-corrected chi connectivity index (χ2v) is 4.23. The van der Waals surface area contributed by atoms with Crippen molar-refractivity contribution in [2.75, 3.05) is 12.8 Å². The second-order valence-electron chi connectivity index (χ2n) is 4.23. The summed E-state index contributed by atoms with van der Waals surface area (Å²) in [5.41, 5.74) is 12.0. The van der Waals surface area contributed by atoms with Gasteiger partial charge in [-0.1, -0.05) is 0 Å². The average molecular weight is 286 g/mol. The van der Waals surface area contributed by atoms with E-state index in [1.807, 2.05) is 0 Å².